The average Bonchev–Trinajstić information content (AvgIpc) is 2.70. The van der Waals surface area contributed by atoms with Gasteiger partial charge in [0.15, 0.2) is 0 Å². The smallest absolute Gasteiger partial charge is 0.354 e. The Morgan fingerprint density at radius 3 is 1.56 bits per heavy atom. The van der Waals surface area contributed by atoms with E-state index in [0.717, 1.165) is 0 Å². The quantitative estimate of drug-likeness (QED) is 0.0978. The van der Waals surface area contributed by atoms with Crippen molar-refractivity contribution in [2.45, 2.75) is 43.5 Å². The second-order valence-electron chi connectivity index (χ2n) is 5.93. The van der Waals surface area contributed by atoms with E-state index in [9.17, 15) is 39.9 Å². The van der Waals surface area contributed by atoms with Gasteiger partial charge in [0, 0.05) is 0 Å². The Labute approximate surface area is 156 Å². The van der Waals surface area contributed by atoms with Crippen LogP contribution in [0.25, 0.3) is 0 Å². The summed E-state index contributed by atoms with van der Waals surface area (Å²) in [7, 11) is 0. The summed E-state index contributed by atoms with van der Waals surface area (Å²) in [5, 5.41) is 58.1. The van der Waals surface area contributed by atoms with Gasteiger partial charge in [-0.15, -0.1) is 0 Å². The van der Waals surface area contributed by atoms with Gasteiger partial charge in [-0.1, -0.05) is 13.8 Å². The predicted octanol–water partition coefficient (Wildman–Crippen LogP) is -3.33. The molecule has 0 aromatic heterocycles. The SMILES string of the molecule is CCC(O)(CO)C(=O)C(O)(C(=O)OCCOCCO)C(=O)C(O)(CC)CO. The Kier molecular flexibility index (Phi) is 10.2. The molecule has 158 valence electrons. The number of aliphatic hydroxyl groups is 6. The fourth-order valence-electron chi connectivity index (χ4n) is 2.11. The van der Waals surface area contributed by atoms with E-state index >= 15 is 0 Å². The number of rotatable bonds is 14. The number of ether oxygens (including phenoxy) is 2. The van der Waals surface area contributed by atoms with Gasteiger partial charge in [-0.05, 0) is 12.8 Å². The monoisotopic (exact) mass is 396 g/mol. The molecule has 0 fully saturated rings. The average molecular weight is 396 g/mol. The van der Waals surface area contributed by atoms with Gasteiger partial charge < -0.3 is 40.1 Å². The van der Waals surface area contributed by atoms with Crippen LogP contribution < -0.4 is 0 Å². The first-order valence-corrected chi connectivity index (χ1v) is 8.38. The minimum absolute atomic E-state index is 0.0696. The van der Waals surface area contributed by atoms with E-state index in [4.69, 9.17) is 9.84 Å². The molecule has 0 aromatic carbocycles. The lowest BCUT2D eigenvalue weighted by molar-refractivity contribution is -0.192. The highest BCUT2D eigenvalue weighted by molar-refractivity contribution is 6.29. The highest BCUT2D eigenvalue weighted by atomic mass is 16.6. The minimum Gasteiger partial charge on any atom is -0.460 e. The molecule has 2 atom stereocenters. The Hall–Kier alpha value is -1.47. The first kappa shape index (κ1) is 25.5. The summed E-state index contributed by atoms with van der Waals surface area (Å²) in [5.41, 5.74) is -9.00. The maximum Gasteiger partial charge on any atom is 0.354 e. The molecular weight excluding hydrogens is 368 g/mol. The maximum absolute atomic E-state index is 12.6. The maximum atomic E-state index is 12.6. The molecule has 0 saturated heterocycles. The molecule has 0 spiro atoms. The summed E-state index contributed by atoms with van der Waals surface area (Å²) in [6, 6.07) is 0. The van der Waals surface area contributed by atoms with E-state index < -0.39 is 67.0 Å². The molecule has 0 heterocycles. The molecule has 0 aliphatic rings. The molecule has 2 unspecified atom stereocenters. The second-order valence-corrected chi connectivity index (χ2v) is 5.93. The van der Waals surface area contributed by atoms with E-state index in [1.54, 1.807) is 0 Å². The first-order chi connectivity index (χ1) is 12.5. The molecule has 0 aliphatic carbocycles. The van der Waals surface area contributed by atoms with E-state index in [1.807, 2.05) is 0 Å². The van der Waals surface area contributed by atoms with Gasteiger partial charge in [0.05, 0.1) is 33.0 Å². The summed E-state index contributed by atoms with van der Waals surface area (Å²) in [4.78, 5) is 37.5. The third kappa shape index (κ3) is 5.51. The summed E-state index contributed by atoms with van der Waals surface area (Å²) in [5.74, 6) is -5.37. The van der Waals surface area contributed by atoms with Crippen molar-refractivity contribution < 1.29 is 54.5 Å². The Morgan fingerprint density at radius 1 is 0.778 bits per heavy atom. The standard InChI is InChI=1S/C16H28O11/c1-3-14(23,9-18)11(20)16(25,12(21)15(24,4-2)10-19)13(22)27-8-7-26-6-5-17/h17-19,23-25H,3-10H2,1-2H3. The molecule has 0 amide bonds. The minimum atomic E-state index is -3.67. The lowest BCUT2D eigenvalue weighted by atomic mass is 9.75. The number of ketones is 2. The van der Waals surface area contributed by atoms with Crippen molar-refractivity contribution in [1.29, 1.82) is 0 Å². The van der Waals surface area contributed by atoms with Crippen molar-refractivity contribution in [2.24, 2.45) is 0 Å². The third-order valence-corrected chi connectivity index (χ3v) is 4.19. The van der Waals surface area contributed by atoms with E-state index in [2.05, 4.69) is 4.74 Å². The Balaban J connectivity index is 5.85. The van der Waals surface area contributed by atoms with Crippen LogP contribution in [0.4, 0.5) is 0 Å². The Bertz CT molecular complexity index is 478. The number of carbonyl (C=O) groups is 3. The molecule has 0 bridgehead atoms. The number of carbonyl (C=O) groups excluding carboxylic acids is 3. The molecule has 0 saturated carbocycles. The van der Waals surface area contributed by atoms with Crippen LogP contribution in [-0.2, 0) is 23.9 Å². The molecule has 0 aliphatic heterocycles. The summed E-state index contributed by atoms with van der Waals surface area (Å²) >= 11 is 0. The van der Waals surface area contributed by atoms with Crippen LogP contribution in [0, 0.1) is 0 Å². The Morgan fingerprint density at radius 2 is 1.22 bits per heavy atom. The van der Waals surface area contributed by atoms with Crippen LogP contribution in [0.15, 0.2) is 0 Å². The predicted molar refractivity (Wildman–Crippen MR) is 88.5 cm³/mol. The number of Topliss-reactive ketones (excluding diaryl/α,β-unsaturated/α-hetero) is 2. The van der Waals surface area contributed by atoms with Crippen molar-refractivity contribution in [3.8, 4) is 0 Å². The molecule has 11 nitrogen and oxygen atoms in total. The lowest BCUT2D eigenvalue weighted by Crippen LogP contribution is -2.68. The summed E-state index contributed by atoms with van der Waals surface area (Å²) in [6.07, 6.45) is -0.928. The van der Waals surface area contributed by atoms with Crippen LogP contribution in [-0.4, -0.2) is 105 Å². The lowest BCUT2D eigenvalue weighted by Gasteiger charge is -2.35. The molecule has 0 aromatic rings. The van der Waals surface area contributed by atoms with E-state index in [1.165, 1.54) is 13.8 Å². The van der Waals surface area contributed by atoms with Crippen LogP contribution >= 0.6 is 0 Å². The number of esters is 1. The molecule has 11 heteroatoms. The van der Waals surface area contributed by atoms with Gasteiger partial charge in [-0.2, -0.15) is 0 Å². The van der Waals surface area contributed by atoms with Crippen molar-refractivity contribution >= 4 is 17.5 Å². The van der Waals surface area contributed by atoms with Crippen LogP contribution in [0.3, 0.4) is 0 Å². The number of hydrogen-bond donors (Lipinski definition) is 6. The molecule has 27 heavy (non-hydrogen) atoms. The van der Waals surface area contributed by atoms with Crippen molar-refractivity contribution in [3.63, 3.8) is 0 Å². The van der Waals surface area contributed by atoms with Gasteiger partial charge >= 0.3 is 5.97 Å². The van der Waals surface area contributed by atoms with Crippen molar-refractivity contribution in [2.75, 3.05) is 39.6 Å². The second kappa shape index (κ2) is 10.8. The van der Waals surface area contributed by atoms with E-state index in [-0.39, 0.29) is 19.8 Å². The van der Waals surface area contributed by atoms with Crippen LogP contribution in [0.2, 0.25) is 0 Å². The number of hydrogen-bond acceptors (Lipinski definition) is 11. The van der Waals surface area contributed by atoms with Gasteiger partial charge in [-0.25, -0.2) is 4.79 Å². The fraction of sp³-hybridized carbons (Fsp3) is 0.812. The van der Waals surface area contributed by atoms with Crippen molar-refractivity contribution in [1.82, 2.24) is 0 Å². The summed E-state index contributed by atoms with van der Waals surface area (Å²) < 4.78 is 9.47. The van der Waals surface area contributed by atoms with E-state index in [0.29, 0.717) is 0 Å². The third-order valence-electron chi connectivity index (χ3n) is 4.19. The van der Waals surface area contributed by atoms with Gasteiger partial charge in [0.25, 0.3) is 5.60 Å². The summed E-state index contributed by atoms with van der Waals surface area (Å²) in [6.45, 7) is -1.04. The van der Waals surface area contributed by atoms with Gasteiger partial charge in [0.1, 0.15) is 17.8 Å². The van der Waals surface area contributed by atoms with Gasteiger partial charge in [0.2, 0.25) is 11.6 Å². The van der Waals surface area contributed by atoms with Crippen LogP contribution in [0.1, 0.15) is 26.7 Å². The molecule has 0 radical (unpaired) electrons. The zero-order valence-corrected chi connectivity index (χ0v) is 15.4. The van der Waals surface area contributed by atoms with Crippen LogP contribution in [0.5, 0.6) is 0 Å². The fourth-order valence-corrected chi connectivity index (χ4v) is 2.11. The molecule has 6 N–H and O–H groups in total. The van der Waals surface area contributed by atoms with Crippen molar-refractivity contribution in [3.05, 3.63) is 0 Å². The first-order valence-electron chi connectivity index (χ1n) is 8.38. The number of aliphatic hydroxyl groups excluding tert-OH is 3. The largest absolute Gasteiger partial charge is 0.460 e. The highest BCUT2D eigenvalue weighted by Gasteiger charge is 2.63. The zero-order valence-electron chi connectivity index (χ0n) is 15.4. The zero-order chi connectivity index (χ0) is 21.3. The topological polar surface area (TPSA) is 191 Å². The normalized spacial score (nSPS) is 18.1. The molecule has 0 rings (SSSR count). The van der Waals surface area contributed by atoms with Gasteiger partial charge in [-0.3, -0.25) is 9.59 Å². The highest BCUT2D eigenvalue weighted by Crippen LogP contribution is 2.28. The molecular formula is C16H28O11.